The number of benzene rings is 1. The number of aromatic hydroxyl groups is 1. The lowest BCUT2D eigenvalue weighted by Crippen LogP contribution is -1.97. The molecule has 14 heavy (non-hydrogen) atoms. The molecule has 0 radical (unpaired) electrons. The molecule has 0 spiro atoms. The predicted octanol–water partition coefficient (Wildman–Crippen LogP) is 2.16. The quantitative estimate of drug-likeness (QED) is 0.587. The second-order valence-corrected chi connectivity index (χ2v) is 2.68. The summed E-state index contributed by atoms with van der Waals surface area (Å²) in [4.78, 5) is 11.2. The Morgan fingerprint density at radius 1 is 1.64 bits per heavy atom. The van der Waals surface area contributed by atoms with E-state index in [1.54, 1.807) is 6.92 Å². The van der Waals surface area contributed by atoms with Crippen molar-refractivity contribution in [3.8, 4) is 11.5 Å². The van der Waals surface area contributed by atoms with Crippen LogP contribution in [0.5, 0.6) is 11.5 Å². The van der Waals surface area contributed by atoms with Gasteiger partial charge in [0.1, 0.15) is 0 Å². The Morgan fingerprint density at radius 3 is 2.93 bits per heavy atom. The van der Waals surface area contributed by atoms with Crippen LogP contribution in [-0.4, -0.2) is 17.5 Å². The Kier molecular flexibility index (Phi) is 3.29. The molecule has 0 fully saturated rings. The Hall–Kier alpha value is -1.77. The molecule has 0 atom stereocenters. The van der Waals surface area contributed by atoms with Crippen molar-refractivity contribution in [1.29, 1.82) is 0 Å². The molecule has 3 heteroatoms. The van der Waals surface area contributed by atoms with Gasteiger partial charge in [-0.2, -0.15) is 0 Å². The third-order valence-electron chi connectivity index (χ3n) is 1.73. The predicted molar refractivity (Wildman–Crippen MR) is 53.8 cm³/mol. The maximum absolute atomic E-state index is 11.2. The second-order valence-electron chi connectivity index (χ2n) is 2.68. The van der Waals surface area contributed by atoms with Gasteiger partial charge in [0.2, 0.25) is 0 Å². The summed E-state index contributed by atoms with van der Waals surface area (Å²) in [5.74, 6) is 0.165. The van der Waals surface area contributed by atoms with Crippen LogP contribution in [0.1, 0.15) is 17.3 Å². The zero-order valence-corrected chi connectivity index (χ0v) is 7.99. The van der Waals surface area contributed by atoms with E-state index in [2.05, 4.69) is 6.58 Å². The summed E-state index contributed by atoms with van der Waals surface area (Å²) >= 11 is 0. The number of phenolic OH excluding ortho intramolecular Hbond substituents is 1. The summed E-state index contributed by atoms with van der Waals surface area (Å²) in [7, 11) is 0. The summed E-state index contributed by atoms with van der Waals surface area (Å²) in [6.45, 7) is 5.63. The van der Waals surface area contributed by atoms with Crippen LogP contribution < -0.4 is 4.74 Å². The van der Waals surface area contributed by atoms with Crippen molar-refractivity contribution < 1.29 is 14.6 Å². The number of hydrogen-bond acceptors (Lipinski definition) is 3. The fraction of sp³-hybridized carbons (Fsp3) is 0.182. The van der Waals surface area contributed by atoms with Crippen molar-refractivity contribution in [2.24, 2.45) is 0 Å². The third kappa shape index (κ3) is 2.13. The van der Waals surface area contributed by atoms with Crippen molar-refractivity contribution in [3.05, 3.63) is 36.4 Å². The van der Waals surface area contributed by atoms with Crippen LogP contribution in [0.2, 0.25) is 0 Å². The fourth-order valence-electron chi connectivity index (χ4n) is 1.06. The Balaban J connectivity index is 3.05. The van der Waals surface area contributed by atoms with Crippen molar-refractivity contribution in [2.45, 2.75) is 6.92 Å². The lowest BCUT2D eigenvalue weighted by atomic mass is 10.1. The van der Waals surface area contributed by atoms with E-state index in [4.69, 9.17) is 4.74 Å². The molecule has 0 aliphatic rings. The first-order valence-corrected chi connectivity index (χ1v) is 4.31. The second kappa shape index (κ2) is 4.46. The van der Waals surface area contributed by atoms with Crippen molar-refractivity contribution in [1.82, 2.24) is 0 Å². The number of hydrogen-bond donors (Lipinski definition) is 1. The average Bonchev–Trinajstić information content (AvgIpc) is 2.20. The van der Waals surface area contributed by atoms with Gasteiger partial charge in [-0.25, -0.2) is 0 Å². The zero-order valence-electron chi connectivity index (χ0n) is 7.99. The highest BCUT2D eigenvalue weighted by atomic mass is 16.5. The zero-order chi connectivity index (χ0) is 10.6. The lowest BCUT2D eigenvalue weighted by Gasteiger charge is -2.06. The molecule has 74 valence electrons. The number of carbonyl (C=O) groups excluding carboxylic acids is 1. The van der Waals surface area contributed by atoms with E-state index in [1.165, 1.54) is 24.3 Å². The lowest BCUT2D eigenvalue weighted by molar-refractivity contribution is 0.104. The molecular weight excluding hydrogens is 180 g/mol. The Bertz CT molecular complexity index is 356. The van der Waals surface area contributed by atoms with Gasteiger partial charge in [-0.05, 0) is 31.2 Å². The molecule has 0 heterocycles. The maximum atomic E-state index is 11.2. The van der Waals surface area contributed by atoms with Crippen LogP contribution in [0.25, 0.3) is 0 Å². The van der Waals surface area contributed by atoms with Crippen molar-refractivity contribution >= 4 is 5.78 Å². The van der Waals surface area contributed by atoms with Crippen LogP contribution in [0.4, 0.5) is 0 Å². The largest absolute Gasteiger partial charge is 0.504 e. The van der Waals surface area contributed by atoms with E-state index >= 15 is 0 Å². The molecule has 0 saturated carbocycles. The summed E-state index contributed by atoms with van der Waals surface area (Å²) in [5, 5.41) is 9.36. The standard InChI is InChI=1S/C11H12O3/c1-3-9(12)8-5-6-10(13)11(7-8)14-4-2/h3,5-7,13H,1,4H2,2H3. The van der Waals surface area contributed by atoms with Crippen LogP contribution in [0, 0.1) is 0 Å². The molecule has 0 saturated heterocycles. The summed E-state index contributed by atoms with van der Waals surface area (Å²) < 4.78 is 5.14. The normalized spacial score (nSPS) is 9.50. The van der Waals surface area contributed by atoms with Crippen LogP contribution in [0.3, 0.4) is 0 Å². The topological polar surface area (TPSA) is 46.5 Å². The van der Waals surface area contributed by atoms with E-state index in [0.717, 1.165) is 0 Å². The molecule has 1 aromatic rings. The third-order valence-corrected chi connectivity index (χ3v) is 1.73. The summed E-state index contributed by atoms with van der Waals surface area (Å²) in [6.07, 6.45) is 1.22. The molecule has 0 unspecified atom stereocenters. The van der Waals surface area contributed by atoms with Crippen molar-refractivity contribution in [2.75, 3.05) is 6.61 Å². The van der Waals surface area contributed by atoms with Crippen LogP contribution in [-0.2, 0) is 0 Å². The molecule has 0 bridgehead atoms. The van der Waals surface area contributed by atoms with Gasteiger partial charge in [0.25, 0.3) is 0 Å². The smallest absolute Gasteiger partial charge is 0.185 e. The maximum Gasteiger partial charge on any atom is 0.185 e. The van der Waals surface area contributed by atoms with Gasteiger partial charge in [-0.15, -0.1) is 0 Å². The SMILES string of the molecule is C=CC(=O)c1ccc(O)c(OCC)c1. The first-order chi connectivity index (χ1) is 6.69. The molecule has 0 aliphatic heterocycles. The number of rotatable bonds is 4. The number of ketones is 1. The number of phenols is 1. The highest BCUT2D eigenvalue weighted by molar-refractivity contribution is 6.04. The van der Waals surface area contributed by atoms with E-state index in [0.29, 0.717) is 17.9 Å². The van der Waals surface area contributed by atoms with Gasteiger partial charge in [-0.3, -0.25) is 4.79 Å². The Labute approximate surface area is 82.6 Å². The van der Waals surface area contributed by atoms with E-state index < -0.39 is 0 Å². The highest BCUT2D eigenvalue weighted by Gasteiger charge is 2.06. The molecule has 1 aromatic carbocycles. The molecule has 1 N–H and O–H groups in total. The Morgan fingerprint density at radius 2 is 2.36 bits per heavy atom. The van der Waals surface area contributed by atoms with Crippen LogP contribution >= 0.6 is 0 Å². The highest BCUT2D eigenvalue weighted by Crippen LogP contribution is 2.26. The van der Waals surface area contributed by atoms with E-state index in [9.17, 15) is 9.90 Å². The molecular formula is C11H12O3. The summed E-state index contributed by atoms with van der Waals surface area (Å²) in [6, 6.07) is 4.46. The van der Waals surface area contributed by atoms with Gasteiger partial charge in [0.15, 0.2) is 17.3 Å². The number of allylic oxidation sites excluding steroid dienone is 1. The molecule has 0 aliphatic carbocycles. The monoisotopic (exact) mass is 192 g/mol. The fourth-order valence-corrected chi connectivity index (χ4v) is 1.06. The van der Waals surface area contributed by atoms with Crippen molar-refractivity contribution in [3.63, 3.8) is 0 Å². The molecule has 1 rings (SSSR count). The van der Waals surface area contributed by atoms with Gasteiger partial charge in [0, 0.05) is 5.56 Å². The minimum atomic E-state index is -0.189. The van der Waals surface area contributed by atoms with E-state index in [1.807, 2.05) is 0 Å². The van der Waals surface area contributed by atoms with Crippen LogP contribution in [0.15, 0.2) is 30.9 Å². The number of ether oxygens (including phenoxy) is 1. The van der Waals surface area contributed by atoms with E-state index in [-0.39, 0.29) is 11.5 Å². The first kappa shape index (κ1) is 10.3. The van der Waals surface area contributed by atoms with Gasteiger partial charge < -0.3 is 9.84 Å². The van der Waals surface area contributed by atoms with Gasteiger partial charge in [0.05, 0.1) is 6.61 Å². The minimum absolute atomic E-state index is 0.0347. The van der Waals surface area contributed by atoms with Gasteiger partial charge in [-0.1, -0.05) is 6.58 Å². The summed E-state index contributed by atoms with van der Waals surface area (Å²) in [5.41, 5.74) is 0.459. The van der Waals surface area contributed by atoms with Gasteiger partial charge >= 0.3 is 0 Å². The minimum Gasteiger partial charge on any atom is -0.504 e. The molecule has 0 amide bonds. The number of carbonyl (C=O) groups is 1. The molecule has 0 aromatic heterocycles. The first-order valence-electron chi connectivity index (χ1n) is 4.31. The molecule has 3 nitrogen and oxygen atoms in total. The average molecular weight is 192 g/mol.